The van der Waals surface area contributed by atoms with Gasteiger partial charge >= 0.3 is 5.97 Å². The lowest BCUT2D eigenvalue weighted by Crippen LogP contribution is -2.23. The fourth-order valence-corrected chi connectivity index (χ4v) is 5.38. The van der Waals surface area contributed by atoms with Gasteiger partial charge in [-0.2, -0.15) is 0 Å². The van der Waals surface area contributed by atoms with Crippen molar-refractivity contribution in [1.82, 2.24) is 9.97 Å². The number of ether oxygens (including phenoxy) is 1. The van der Waals surface area contributed by atoms with Gasteiger partial charge in [0.1, 0.15) is 4.83 Å². The topological polar surface area (TPSA) is 101 Å². The highest BCUT2D eigenvalue weighted by atomic mass is 32.2. The van der Waals surface area contributed by atoms with Crippen LogP contribution < -0.4 is 10.9 Å². The molecule has 9 heteroatoms. The number of hydrogen-bond acceptors (Lipinski definition) is 7. The number of thioether (sulfide) groups is 1. The molecule has 1 unspecified atom stereocenters. The van der Waals surface area contributed by atoms with Crippen LogP contribution in [-0.2, 0) is 9.53 Å². The zero-order valence-corrected chi connectivity index (χ0v) is 20.5. The van der Waals surface area contributed by atoms with E-state index in [9.17, 15) is 14.4 Å². The molecule has 174 valence electrons. The highest BCUT2D eigenvalue weighted by molar-refractivity contribution is 8.00. The number of aromatic nitrogens is 2. The molecule has 0 bridgehead atoms. The van der Waals surface area contributed by atoms with E-state index >= 15 is 0 Å². The zero-order valence-electron chi connectivity index (χ0n) is 18.9. The summed E-state index contributed by atoms with van der Waals surface area (Å²) in [6.07, 6.45) is 0. The van der Waals surface area contributed by atoms with E-state index in [1.54, 1.807) is 38.1 Å². The smallest absolute Gasteiger partial charge is 0.338 e. The number of thiophene rings is 1. The van der Waals surface area contributed by atoms with Crippen molar-refractivity contribution in [2.45, 2.75) is 31.2 Å². The third-order valence-electron chi connectivity index (χ3n) is 5.10. The van der Waals surface area contributed by atoms with Crippen molar-refractivity contribution in [3.8, 4) is 11.1 Å². The molecule has 2 N–H and O–H groups in total. The third kappa shape index (κ3) is 5.05. The number of carbonyl (C=O) groups is 2. The monoisotopic (exact) mass is 493 g/mol. The average molecular weight is 494 g/mol. The lowest BCUT2D eigenvalue weighted by Gasteiger charge is -2.12. The molecule has 4 aromatic rings. The molecule has 4 rings (SSSR count). The second-order valence-corrected chi connectivity index (χ2v) is 10.0. The number of benzene rings is 2. The zero-order chi connectivity index (χ0) is 24.2. The summed E-state index contributed by atoms with van der Waals surface area (Å²) >= 11 is 2.64. The number of amides is 1. The number of carbonyl (C=O) groups excluding carboxylic acids is 2. The van der Waals surface area contributed by atoms with Crippen molar-refractivity contribution >= 4 is 50.9 Å². The van der Waals surface area contributed by atoms with Crippen LogP contribution in [0, 0.1) is 6.92 Å². The molecule has 0 spiro atoms. The number of nitrogens with one attached hydrogen (secondary N) is 2. The summed E-state index contributed by atoms with van der Waals surface area (Å²) in [7, 11) is 0. The van der Waals surface area contributed by atoms with Gasteiger partial charge < -0.3 is 15.0 Å². The summed E-state index contributed by atoms with van der Waals surface area (Å²) in [5.74, 6) is -0.655. The summed E-state index contributed by atoms with van der Waals surface area (Å²) in [5.41, 5.74) is 2.61. The van der Waals surface area contributed by atoms with Crippen molar-refractivity contribution in [2.75, 3.05) is 11.9 Å². The van der Waals surface area contributed by atoms with Crippen molar-refractivity contribution in [3.63, 3.8) is 0 Å². The first kappa shape index (κ1) is 23.7. The lowest BCUT2D eigenvalue weighted by atomic mass is 10.0. The van der Waals surface area contributed by atoms with Gasteiger partial charge in [-0.25, -0.2) is 9.78 Å². The maximum absolute atomic E-state index is 12.9. The first-order valence-electron chi connectivity index (χ1n) is 10.7. The van der Waals surface area contributed by atoms with E-state index in [1.807, 2.05) is 37.3 Å². The average Bonchev–Trinajstić information content (AvgIpc) is 3.16. The first-order valence-corrected chi connectivity index (χ1v) is 12.4. The van der Waals surface area contributed by atoms with Gasteiger partial charge in [-0.3, -0.25) is 9.59 Å². The molecule has 0 saturated heterocycles. The minimum Gasteiger partial charge on any atom is -0.462 e. The maximum atomic E-state index is 12.9. The van der Waals surface area contributed by atoms with E-state index in [4.69, 9.17) is 4.74 Å². The summed E-state index contributed by atoms with van der Waals surface area (Å²) in [5, 5.41) is 3.26. The Morgan fingerprint density at radius 1 is 1.15 bits per heavy atom. The molecule has 1 atom stereocenters. The normalized spacial score (nSPS) is 11.9. The van der Waals surface area contributed by atoms with Gasteiger partial charge in [0.05, 0.1) is 22.8 Å². The van der Waals surface area contributed by atoms with Gasteiger partial charge in [0.2, 0.25) is 5.91 Å². The van der Waals surface area contributed by atoms with Crippen LogP contribution in [0.15, 0.2) is 64.5 Å². The SMILES string of the molecule is CCOC(=O)c1ccc(NC(=O)C(C)Sc2nc3sc(C)c(-c4ccccc4)c3c(=O)[nH]2)cc1. The summed E-state index contributed by atoms with van der Waals surface area (Å²) < 4.78 is 4.96. The Balaban J connectivity index is 1.49. The van der Waals surface area contributed by atoms with Crippen LogP contribution in [-0.4, -0.2) is 33.7 Å². The largest absolute Gasteiger partial charge is 0.462 e. The van der Waals surface area contributed by atoms with E-state index in [-0.39, 0.29) is 11.5 Å². The Morgan fingerprint density at radius 3 is 2.53 bits per heavy atom. The molecule has 1 amide bonds. The minimum absolute atomic E-state index is 0.224. The number of rotatable bonds is 7. The molecular formula is C25H23N3O4S2. The molecule has 0 saturated carbocycles. The van der Waals surface area contributed by atoms with Crippen LogP contribution in [0.3, 0.4) is 0 Å². The Hall–Kier alpha value is -3.43. The maximum Gasteiger partial charge on any atom is 0.338 e. The van der Waals surface area contributed by atoms with E-state index in [1.165, 1.54) is 23.1 Å². The second-order valence-electron chi connectivity index (χ2n) is 7.50. The quantitative estimate of drug-likeness (QED) is 0.207. The van der Waals surface area contributed by atoms with Gasteiger partial charge in [0.15, 0.2) is 5.16 Å². The van der Waals surface area contributed by atoms with Gasteiger partial charge in [0, 0.05) is 16.1 Å². The van der Waals surface area contributed by atoms with Crippen molar-refractivity contribution in [2.24, 2.45) is 0 Å². The van der Waals surface area contributed by atoms with Crippen molar-refractivity contribution in [3.05, 3.63) is 75.4 Å². The molecule has 0 aliphatic carbocycles. The van der Waals surface area contributed by atoms with Crippen LogP contribution >= 0.6 is 23.1 Å². The Morgan fingerprint density at radius 2 is 1.85 bits per heavy atom. The fraction of sp³-hybridized carbons (Fsp3) is 0.200. The molecule has 0 radical (unpaired) electrons. The number of aromatic amines is 1. The van der Waals surface area contributed by atoms with Crippen molar-refractivity contribution < 1.29 is 14.3 Å². The van der Waals surface area contributed by atoms with E-state index in [0.29, 0.717) is 33.2 Å². The van der Waals surface area contributed by atoms with Crippen LogP contribution in [0.1, 0.15) is 29.1 Å². The van der Waals surface area contributed by atoms with Crippen LogP contribution in [0.25, 0.3) is 21.3 Å². The highest BCUT2D eigenvalue weighted by Gasteiger charge is 2.20. The van der Waals surface area contributed by atoms with Crippen LogP contribution in [0.5, 0.6) is 0 Å². The third-order valence-corrected chi connectivity index (χ3v) is 7.08. The number of fused-ring (bicyclic) bond motifs is 1. The molecule has 2 heterocycles. The molecule has 34 heavy (non-hydrogen) atoms. The molecule has 2 aromatic carbocycles. The molecule has 0 aliphatic rings. The number of hydrogen-bond donors (Lipinski definition) is 2. The summed E-state index contributed by atoms with van der Waals surface area (Å²) in [4.78, 5) is 46.5. The van der Waals surface area contributed by atoms with Gasteiger partial charge in [0.25, 0.3) is 5.56 Å². The summed E-state index contributed by atoms with van der Waals surface area (Å²) in [6.45, 7) is 5.76. The predicted molar refractivity (Wildman–Crippen MR) is 137 cm³/mol. The Kier molecular flexibility index (Phi) is 7.14. The molecule has 2 aromatic heterocycles. The second kappa shape index (κ2) is 10.2. The molecular weight excluding hydrogens is 470 g/mol. The standard InChI is InChI=1S/C25H23N3O4S2/c1-4-32-24(31)17-10-12-18(13-11-17)26-21(29)15(3)34-25-27-22(30)20-19(14(2)33-23(20)28-25)16-8-6-5-7-9-16/h5-13,15H,4H2,1-3H3,(H,26,29)(H,27,28,30). The highest BCUT2D eigenvalue weighted by Crippen LogP contribution is 2.36. The number of aryl methyl sites for hydroxylation is 1. The van der Waals surface area contributed by atoms with Gasteiger partial charge in [-0.05, 0) is 50.6 Å². The summed E-state index contributed by atoms with van der Waals surface area (Å²) in [6, 6.07) is 16.3. The van der Waals surface area contributed by atoms with Gasteiger partial charge in [-0.15, -0.1) is 11.3 Å². The van der Waals surface area contributed by atoms with Crippen molar-refractivity contribution in [1.29, 1.82) is 0 Å². The van der Waals surface area contributed by atoms with E-state index in [0.717, 1.165) is 16.0 Å². The predicted octanol–water partition coefficient (Wildman–Crippen LogP) is 5.26. The fourth-order valence-electron chi connectivity index (χ4n) is 3.48. The number of H-pyrrole nitrogens is 1. The lowest BCUT2D eigenvalue weighted by molar-refractivity contribution is -0.115. The number of esters is 1. The van der Waals surface area contributed by atoms with E-state index in [2.05, 4.69) is 15.3 Å². The molecule has 7 nitrogen and oxygen atoms in total. The Labute approximate surface area is 204 Å². The minimum atomic E-state index is -0.514. The molecule has 0 fully saturated rings. The number of anilines is 1. The Bertz CT molecular complexity index is 1400. The first-order chi connectivity index (χ1) is 16.4. The van der Waals surface area contributed by atoms with Crippen LogP contribution in [0.2, 0.25) is 0 Å². The van der Waals surface area contributed by atoms with Gasteiger partial charge in [-0.1, -0.05) is 42.1 Å². The van der Waals surface area contributed by atoms with E-state index < -0.39 is 11.2 Å². The number of nitrogens with zero attached hydrogens (tertiary/aromatic N) is 1. The van der Waals surface area contributed by atoms with Crippen LogP contribution in [0.4, 0.5) is 5.69 Å². The molecule has 0 aliphatic heterocycles.